The molecule has 1 amide bonds. The van der Waals surface area contributed by atoms with Crippen molar-refractivity contribution in [1.82, 2.24) is 14.5 Å². The largest absolute Gasteiger partial charge is 0.371 e. The summed E-state index contributed by atoms with van der Waals surface area (Å²) in [5, 5.41) is 0. The van der Waals surface area contributed by atoms with E-state index in [-0.39, 0.29) is 12.0 Å². The maximum Gasteiger partial charge on any atom is 0.242 e. The summed E-state index contributed by atoms with van der Waals surface area (Å²) in [6.07, 6.45) is 2.62. The van der Waals surface area contributed by atoms with Crippen molar-refractivity contribution >= 4 is 16.9 Å². The van der Waals surface area contributed by atoms with E-state index >= 15 is 0 Å². The van der Waals surface area contributed by atoms with E-state index in [1.54, 1.807) is 11.2 Å². The van der Waals surface area contributed by atoms with Gasteiger partial charge in [-0.1, -0.05) is 36.4 Å². The quantitative estimate of drug-likeness (QED) is 0.736. The Balaban J connectivity index is 1.40. The third-order valence-electron chi connectivity index (χ3n) is 4.78. The minimum atomic E-state index is 0.0448. The van der Waals surface area contributed by atoms with Gasteiger partial charge in [-0.15, -0.1) is 0 Å². The van der Waals surface area contributed by atoms with Gasteiger partial charge >= 0.3 is 0 Å². The Morgan fingerprint density at radius 1 is 1.20 bits per heavy atom. The number of carbonyl (C=O) groups is 1. The van der Waals surface area contributed by atoms with Gasteiger partial charge in [-0.3, -0.25) is 4.79 Å². The number of fused-ring (bicyclic) bond motifs is 2. The van der Waals surface area contributed by atoms with Gasteiger partial charge in [-0.25, -0.2) is 4.98 Å². The fourth-order valence-corrected chi connectivity index (χ4v) is 3.34. The molecule has 0 N–H and O–H groups in total. The highest BCUT2D eigenvalue weighted by Gasteiger charge is 2.22. The summed E-state index contributed by atoms with van der Waals surface area (Å²) in [6.45, 7) is 1.51. The fourth-order valence-electron chi connectivity index (χ4n) is 3.34. The molecule has 4 rings (SSSR count). The van der Waals surface area contributed by atoms with Crippen LogP contribution in [0.2, 0.25) is 0 Å². The van der Waals surface area contributed by atoms with Crippen LogP contribution in [0.1, 0.15) is 11.1 Å². The van der Waals surface area contributed by atoms with E-state index in [0.717, 1.165) is 17.5 Å². The van der Waals surface area contributed by atoms with Crippen molar-refractivity contribution in [3.8, 4) is 0 Å². The number of para-hydroxylation sites is 2. The van der Waals surface area contributed by atoms with Crippen LogP contribution in [0.25, 0.3) is 11.0 Å². The average molecular weight is 335 g/mol. The molecule has 5 heteroatoms. The molecule has 1 aliphatic heterocycles. The van der Waals surface area contributed by atoms with E-state index < -0.39 is 0 Å². The molecular weight excluding hydrogens is 314 g/mol. The van der Waals surface area contributed by atoms with E-state index in [2.05, 4.69) is 23.2 Å². The molecule has 2 heterocycles. The minimum absolute atomic E-state index is 0.0448. The number of hydrogen-bond donors (Lipinski definition) is 0. The zero-order chi connectivity index (χ0) is 17.2. The molecule has 5 nitrogen and oxygen atoms in total. The summed E-state index contributed by atoms with van der Waals surface area (Å²) in [5.41, 5.74) is 4.45. The van der Waals surface area contributed by atoms with Crippen molar-refractivity contribution in [3.05, 3.63) is 66.0 Å². The predicted molar refractivity (Wildman–Crippen MR) is 96.1 cm³/mol. The van der Waals surface area contributed by atoms with Gasteiger partial charge < -0.3 is 14.2 Å². The molecule has 1 aliphatic rings. The van der Waals surface area contributed by atoms with Crippen LogP contribution in [0.3, 0.4) is 0 Å². The van der Waals surface area contributed by atoms with Crippen LogP contribution in [0.15, 0.2) is 54.9 Å². The first-order valence-electron chi connectivity index (χ1n) is 8.53. The first-order valence-corrected chi connectivity index (χ1v) is 8.53. The summed E-state index contributed by atoms with van der Waals surface area (Å²) >= 11 is 0. The third-order valence-corrected chi connectivity index (χ3v) is 4.78. The standard InChI is InChI=1S/C20H21N3O2/c1-22(11-17-10-15-6-2-3-7-16(15)13-25-17)20(24)12-23-14-21-18-8-4-5-9-19(18)23/h2-9,14,17H,10-13H2,1H3. The molecule has 0 aliphatic carbocycles. The van der Waals surface area contributed by atoms with Crippen LogP contribution in [0.4, 0.5) is 0 Å². The van der Waals surface area contributed by atoms with Crippen LogP contribution >= 0.6 is 0 Å². The highest BCUT2D eigenvalue weighted by Crippen LogP contribution is 2.21. The highest BCUT2D eigenvalue weighted by molar-refractivity contribution is 5.80. The molecule has 0 saturated heterocycles. The lowest BCUT2D eigenvalue weighted by Crippen LogP contribution is -2.39. The average Bonchev–Trinajstić information content (AvgIpc) is 3.04. The summed E-state index contributed by atoms with van der Waals surface area (Å²) < 4.78 is 7.81. The number of imidazole rings is 1. The molecule has 1 aromatic heterocycles. The van der Waals surface area contributed by atoms with Gasteiger partial charge in [-0.05, 0) is 23.3 Å². The maximum absolute atomic E-state index is 12.6. The number of aromatic nitrogens is 2. The van der Waals surface area contributed by atoms with E-state index in [0.29, 0.717) is 19.7 Å². The number of rotatable bonds is 4. The highest BCUT2D eigenvalue weighted by atomic mass is 16.5. The number of benzene rings is 2. The van der Waals surface area contributed by atoms with Gasteiger partial charge in [0.05, 0.1) is 30.1 Å². The molecule has 128 valence electrons. The monoisotopic (exact) mass is 335 g/mol. The molecule has 0 fully saturated rings. The number of amides is 1. The lowest BCUT2D eigenvalue weighted by Gasteiger charge is -2.29. The van der Waals surface area contributed by atoms with E-state index in [9.17, 15) is 4.79 Å². The first kappa shape index (κ1) is 15.8. The SMILES string of the molecule is CN(CC1Cc2ccccc2CO1)C(=O)Cn1cnc2ccccc21. The number of carbonyl (C=O) groups excluding carboxylic acids is 1. The molecule has 0 saturated carbocycles. The molecule has 0 radical (unpaired) electrons. The van der Waals surface area contributed by atoms with E-state index in [4.69, 9.17) is 4.74 Å². The number of nitrogens with zero attached hydrogens (tertiary/aromatic N) is 3. The molecular formula is C20H21N3O2. The number of ether oxygens (including phenoxy) is 1. The molecule has 1 unspecified atom stereocenters. The van der Waals surface area contributed by atoms with Crippen LogP contribution in [0.5, 0.6) is 0 Å². The van der Waals surface area contributed by atoms with Gasteiger partial charge in [0.2, 0.25) is 5.91 Å². The van der Waals surface area contributed by atoms with Gasteiger partial charge in [0.1, 0.15) is 6.54 Å². The van der Waals surface area contributed by atoms with Crippen LogP contribution < -0.4 is 0 Å². The first-order chi connectivity index (χ1) is 12.2. The molecule has 0 spiro atoms. The van der Waals surface area contributed by atoms with Crippen molar-refractivity contribution < 1.29 is 9.53 Å². The Kier molecular flexibility index (Phi) is 4.24. The maximum atomic E-state index is 12.6. The molecule has 3 aromatic rings. The third kappa shape index (κ3) is 3.28. The van der Waals surface area contributed by atoms with Crippen LogP contribution in [-0.4, -0.2) is 40.1 Å². The topological polar surface area (TPSA) is 47.4 Å². The zero-order valence-electron chi connectivity index (χ0n) is 14.3. The molecule has 1 atom stereocenters. The summed E-state index contributed by atoms with van der Waals surface area (Å²) in [7, 11) is 1.84. The van der Waals surface area contributed by atoms with Gasteiger partial charge in [0.15, 0.2) is 0 Å². The van der Waals surface area contributed by atoms with Gasteiger partial charge in [-0.2, -0.15) is 0 Å². The predicted octanol–water partition coefficient (Wildman–Crippen LogP) is 2.64. The second-order valence-corrected chi connectivity index (χ2v) is 6.54. The summed E-state index contributed by atoms with van der Waals surface area (Å²) in [4.78, 5) is 18.7. The zero-order valence-corrected chi connectivity index (χ0v) is 14.3. The second kappa shape index (κ2) is 6.69. The normalized spacial score (nSPS) is 16.6. The number of hydrogen-bond acceptors (Lipinski definition) is 3. The van der Waals surface area contributed by atoms with Crippen molar-refractivity contribution in [2.24, 2.45) is 0 Å². The van der Waals surface area contributed by atoms with E-state index in [1.807, 2.05) is 41.9 Å². The van der Waals surface area contributed by atoms with Crippen LogP contribution in [-0.2, 0) is 29.1 Å². The Labute approximate surface area is 146 Å². The van der Waals surface area contributed by atoms with Crippen molar-refractivity contribution in [1.29, 1.82) is 0 Å². The fraction of sp³-hybridized carbons (Fsp3) is 0.300. The van der Waals surface area contributed by atoms with E-state index in [1.165, 1.54) is 11.1 Å². The molecule has 0 bridgehead atoms. The number of likely N-dealkylation sites (N-methyl/N-ethyl adjacent to an activating group) is 1. The Hall–Kier alpha value is -2.66. The smallest absolute Gasteiger partial charge is 0.242 e. The van der Waals surface area contributed by atoms with Gasteiger partial charge in [0, 0.05) is 20.0 Å². The summed E-state index contributed by atoms with van der Waals surface area (Å²) in [6, 6.07) is 16.2. The van der Waals surface area contributed by atoms with Gasteiger partial charge in [0.25, 0.3) is 0 Å². The van der Waals surface area contributed by atoms with Crippen molar-refractivity contribution in [2.45, 2.75) is 25.7 Å². The van der Waals surface area contributed by atoms with Crippen molar-refractivity contribution in [2.75, 3.05) is 13.6 Å². The lowest BCUT2D eigenvalue weighted by atomic mass is 9.99. The Morgan fingerprint density at radius 3 is 2.84 bits per heavy atom. The molecule has 2 aromatic carbocycles. The second-order valence-electron chi connectivity index (χ2n) is 6.54. The Bertz CT molecular complexity index is 903. The van der Waals surface area contributed by atoms with Crippen LogP contribution in [0, 0.1) is 0 Å². The lowest BCUT2D eigenvalue weighted by molar-refractivity contribution is -0.132. The van der Waals surface area contributed by atoms with Crippen molar-refractivity contribution in [3.63, 3.8) is 0 Å². The Morgan fingerprint density at radius 2 is 1.96 bits per heavy atom. The summed E-state index contributed by atoms with van der Waals surface area (Å²) in [5.74, 6) is 0.0608. The molecule has 25 heavy (non-hydrogen) atoms. The minimum Gasteiger partial charge on any atom is -0.371 e.